The lowest BCUT2D eigenvalue weighted by atomic mass is 10.1. The van der Waals surface area contributed by atoms with Crippen LogP contribution in [0.3, 0.4) is 0 Å². The minimum absolute atomic E-state index is 0.0352. The molecule has 0 saturated heterocycles. The van der Waals surface area contributed by atoms with Crippen LogP contribution < -0.4 is 26.3 Å². The van der Waals surface area contributed by atoms with Crippen LogP contribution in [0, 0.1) is 0 Å². The Morgan fingerprint density at radius 3 is 2.44 bits per heavy atom. The van der Waals surface area contributed by atoms with Gasteiger partial charge in [0.25, 0.3) is 0 Å². The van der Waals surface area contributed by atoms with Crippen LogP contribution in [0.25, 0.3) is 11.3 Å². The molecule has 1 aromatic heterocycles. The quantitative estimate of drug-likeness (QED) is 0.149. The number of rotatable bonds is 10. The molecule has 4 rings (SSSR count). The van der Waals surface area contributed by atoms with Crippen LogP contribution in [0.5, 0.6) is 5.75 Å². The average molecular weight is 489 g/mol. The molecule has 0 radical (unpaired) electrons. The summed E-state index contributed by atoms with van der Waals surface area (Å²) in [6, 6.07) is 14.8. The monoisotopic (exact) mass is 488 g/mol. The molecule has 0 fully saturated rings. The van der Waals surface area contributed by atoms with E-state index in [1.807, 2.05) is 30.5 Å². The van der Waals surface area contributed by atoms with Gasteiger partial charge in [0.2, 0.25) is 0 Å². The van der Waals surface area contributed by atoms with E-state index in [2.05, 4.69) is 41.2 Å². The first kappa shape index (κ1) is 25.0. The molecule has 0 spiro atoms. The number of carbonyl (C=O) groups excluding carboxylic acids is 1. The lowest BCUT2D eigenvalue weighted by molar-refractivity contribution is -0.552. The number of fused-ring (bicyclic) bond motifs is 1. The maximum absolute atomic E-state index is 13.4. The minimum Gasteiger partial charge on any atom is -0.508 e. The number of phenols is 1. The zero-order valence-corrected chi connectivity index (χ0v) is 20.8. The first-order valence-corrected chi connectivity index (χ1v) is 12.3. The number of guanidine groups is 1. The number of aromatic nitrogens is 2. The molecular formula is C27H34N7O2+. The Hall–Kier alpha value is -4.14. The summed E-state index contributed by atoms with van der Waals surface area (Å²) >= 11 is 0. The molecule has 0 amide bonds. The summed E-state index contributed by atoms with van der Waals surface area (Å²) in [4.78, 5) is 24.7. The molecule has 1 aliphatic heterocycles. The van der Waals surface area contributed by atoms with Gasteiger partial charge in [-0.2, -0.15) is 4.57 Å². The van der Waals surface area contributed by atoms with Crippen LogP contribution >= 0.6 is 0 Å². The lowest BCUT2D eigenvalue weighted by Crippen LogP contribution is -2.44. The van der Waals surface area contributed by atoms with Crippen molar-refractivity contribution >= 4 is 23.4 Å². The Balaban J connectivity index is 1.64. The zero-order chi connectivity index (χ0) is 25.7. The minimum atomic E-state index is -0.423. The van der Waals surface area contributed by atoms with Gasteiger partial charge in [-0.25, -0.2) is 9.78 Å². The first-order chi connectivity index (χ1) is 17.4. The van der Waals surface area contributed by atoms with Crippen molar-refractivity contribution < 1.29 is 14.5 Å². The van der Waals surface area contributed by atoms with Gasteiger partial charge in [0.15, 0.2) is 12.0 Å². The van der Waals surface area contributed by atoms with Crippen LogP contribution in [0.15, 0.2) is 59.7 Å². The van der Waals surface area contributed by atoms with E-state index in [0.29, 0.717) is 31.6 Å². The highest BCUT2D eigenvalue weighted by atomic mass is 16.3. The standard InChI is InChI=1S/C27H33N7O2/c1-3-33(4-2)20-11-9-19(10-12-20)24-17-34-25(22(31-24)6-5-15-30-27(28)29)32-23(26(34)36)16-18-7-13-21(35)14-8-18/h7-14,17,23H,3-6,15-16H2,1-2H3,(H5,28,29,30,35)/p+1. The van der Waals surface area contributed by atoms with Crippen LogP contribution in [0.4, 0.5) is 11.5 Å². The molecule has 1 aliphatic rings. The number of nitrogens with zero attached hydrogens (tertiary/aromatic N) is 4. The lowest BCUT2D eigenvalue weighted by Gasteiger charge is -2.21. The number of hydrogen-bond donors (Lipinski definition) is 4. The van der Waals surface area contributed by atoms with Crippen molar-refractivity contribution in [2.45, 2.75) is 39.2 Å². The van der Waals surface area contributed by atoms with Gasteiger partial charge in [-0.3, -0.25) is 10.3 Å². The number of hydrogen-bond acceptors (Lipinski definition) is 6. The van der Waals surface area contributed by atoms with Gasteiger partial charge in [0.05, 0.1) is 0 Å². The third-order valence-corrected chi connectivity index (χ3v) is 6.40. The number of aryl methyl sites for hydroxylation is 1. The summed E-state index contributed by atoms with van der Waals surface area (Å²) in [6.07, 6.45) is 3.63. The highest BCUT2D eigenvalue weighted by molar-refractivity contribution is 5.82. The molecule has 9 nitrogen and oxygen atoms in total. The molecule has 36 heavy (non-hydrogen) atoms. The molecule has 0 aliphatic carbocycles. The van der Waals surface area contributed by atoms with E-state index in [-0.39, 0.29) is 17.6 Å². The molecule has 2 heterocycles. The molecule has 1 unspecified atom stereocenters. The van der Waals surface area contributed by atoms with Crippen molar-refractivity contribution in [3.63, 3.8) is 0 Å². The smallest absolute Gasteiger partial charge is 0.359 e. The number of phenolic OH excluding ortho intramolecular Hbond substituents is 1. The average Bonchev–Trinajstić information content (AvgIpc) is 3.19. The Bertz CT molecular complexity index is 1230. The third-order valence-electron chi connectivity index (χ3n) is 6.40. The number of aromatic hydroxyl groups is 1. The molecule has 3 aromatic rings. The van der Waals surface area contributed by atoms with Crippen LogP contribution in [-0.4, -0.2) is 47.6 Å². The molecule has 9 heteroatoms. The van der Waals surface area contributed by atoms with E-state index in [9.17, 15) is 9.90 Å². The second-order valence-electron chi connectivity index (χ2n) is 8.83. The van der Waals surface area contributed by atoms with Crippen molar-refractivity contribution in [3.05, 3.63) is 66.0 Å². The van der Waals surface area contributed by atoms with Crippen LogP contribution in [0.1, 0.15) is 36.3 Å². The summed E-state index contributed by atoms with van der Waals surface area (Å²) in [7, 11) is 0. The van der Waals surface area contributed by atoms with Crippen molar-refractivity contribution in [1.82, 2.24) is 4.98 Å². The highest BCUT2D eigenvalue weighted by Crippen LogP contribution is 2.26. The number of nitrogens with two attached hydrogens (primary N) is 2. The SMILES string of the molecule is CCN(CC)c1ccc(-c2c[n+]3c(c(CCCN=C(N)N)n2)NC(Cc2ccc(O)cc2)C3=O)cc1. The second-order valence-corrected chi connectivity index (χ2v) is 8.83. The summed E-state index contributed by atoms with van der Waals surface area (Å²) in [5.74, 6) is 0.932. The summed E-state index contributed by atoms with van der Waals surface area (Å²) in [5.41, 5.74) is 15.5. The molecular weight excluding hydrogens is 454 g/mol. The van der Waals surface area contributed by atoms with Gasteiger partial charge in [-0.1, -0.05) is 24.3 Å². The van der Waals surface area contributed by atoms with E-state index >= 15 is 0 Å². The molecule has 0 saturated carbocycles. The van der Waals surface area contributed by atoms with Gasteiger partial charge in [0, 0.05) is 37.3 Å². The summed E-state index contributed by atoms with van der Waals surface area (Å²) in [5, 5.41) is 13.0. The molecule has 6 N–H and O–H groups in total. The largest absolute Gasteiger partial charge is 0.508 e. The zero-order valence-electron chi connectivity index (χ0n) is 20.8. The second kappa shape index (κ2) is 11.1. The van der Waals surface area contributed by atoms with Gasteiger partial charge in [-0.05, 0) is 56.5 Å². The van der Waals surface area contributed by atoms with Gasteiger partial charge >= 0.3 is 11.7 Å². The van der Waals surface area contributed by atoms with Gasteiger partial charge in [0.1, 0.15) is 23.3 Å². The normalized spacial score (nSPS) is 14.3. The molecule has 0 bridgehead atoms. The molecule has 188 valence electrons. The first-order valence-electron chi connectivity index (χ1n) is 12.3. The number of anilines is 2. The van der Waals surface area contributed by atoms with Crippen molar-refractivity contribution in [2.75, 3.05) is 29.9 Å². The highest BCUT2D eigenvalue weighted by Gasteiger charge is 2.40. The van der Waals surface area contributed by atoms with Gasteiger partial charge in [-0.15, -0.1) is 0 Å². The Kier molecular flexibility index (Phi) is 7.68. The third kappa shape index (κ3) is 5.56. The van der Waals surface area contributed by atoms with Crippen molar-refractivity contribution in [1.29, 1.82) is 0 Å². The van der Waals surface area contributed by atoms with Crippen molar-refractivity contribution in [3.8, 4) is 17.0 Å². The fourth-order valence-electron chi connectivity index (χ4n) is 4.48. The van der Waals surface area contributed by atoms with Crippen LogP contribution in [0.2, 0.25) is 0 Å². The number of benzene rings is 2. The van der Waals surface area contributed by atoms with E-state index in [4.69, 9.17) is 16.5 Å². The fraction of sp³-hybridized carbons (Fsp3) is 0.333. The number of nitrogens with one attached hydrogen (secondary N) is 1. The van der Waals surface area contributed by atoms with Gasteiger partial charge < -0.3 is 21.5 Å². The fourth-order valence-corrected chi connectivity index (χ4v) is 4.48. The Labute approximate surface area is 211 Å². The Morgan fingerprint density at radius 2 is 1.81 bits per heavy atom. The predicted octanol–water partition coefficient (Wildman–Crippen LogP) is 2.47. The topological polar surface area (TPSA) is 134 Å². The molecule has 1 atom stereocenters. The van der Waals surface area contributed by atoms with E-state index in [1.54, 1.807) is 16.7 Å². The summed E-state index contributed by atoms with van der Waals surface area (Å²) in [6.45, 7) is 6.63. The van der Waals surface area contributed by atoms with Crippen molar-refractivity contribution in [2.24, 2.45) is 16.5 Å². The van der Waals surface area contributed by atoms with E-state index in [0.717, 1.165) is 41.3 Å². The van der Waals surface area contributed by atoms with E-state index in [1.165, 1.54) is 0 Å². The van der Waals surface area contributed by atoms with Crippen LogP contribution in [-0.2, 0) is 12.8 Å². The summed E-state index contributed by atoms with van der Waals surface area (Å²) < 4.78 is 1.68. The van der Waals surface area contributed by atoms with E-state index < -0.39 is 6.04 Å². The number of aliphatic imine (C=N–C) groups is 1. The predicted molar refractivity (Wildman–Crippen MR) is 142 cm³/mol. The molecule has 2 aromatic carbocycles. The maximum Gasteiger partial charge on any atom is 0.359 e. The maximum atomic E-state index is 13.4. The number of carbonyl (C=O) groups is 1. The Morgan fingerprint density at radius 1 is 1.11 bits per heavy atom.